The van der Waals surface area contributed by atoms with Gasteiger partial charge in [-0.2, -0.15) is 0 Å². The number of aliphatic hydroxyl groups is 1. The predicted molar refractivity (Wildman–Crippen MR) is 85.5 cm³/mol. The number of nitrogens with zero attached hydrogens (tertiary/aromatic N) is 1. The van der Waals surface area contributed by atoms with Crippen LogP contribution in [-0.4, -0.2) is 29.6 Å². The van der Waals surface area contributed by atoms with Crippen LogP contribution in [0.15, 0.2) is 48.5 Å². The van der Waals surface area contributed by atoms with Gasteiger partial charge >= 0.3 is 0 Å². The van der Waals surface area contributed by atoms with Crippen LogP contribution < -0.4 is 4.74 Å². The molecule has 0 aromatic heterocycles. The number of benzene rings is 2. The van der Waals surface area contributed by atoms with E-state index in [0.29, 0.717) is 12.3 Å². The van der Waals surface area contributed by atoms with E-state index in [4.69, 9.17) is 9.84 Å². The van der Waals surface area contributed by atoms with Crippen LogP contribution in [0.4, 0.5) is 0 Å². The molecule has 0 spiro atoms. The molecule has 0 aliphatic carbocycles. The molecule has 0 saturated carbocycles. The van der Waals surface area contributed by atoms with Crippen LogP contribution in [0.25, 0.3) is 0 Å². The zero-order valence-electron chi connectivity index (χ0n) is 13.0. The average Bonchev–Trinajstić information content (AvgIpc) is 2.55. The molecule has 0 fully saturated rings. The van der Waals surface area contributed by atoms with Gasteiger partial charge in [-0.05, 0) is 35.7 Å². The molecule has 0 unspecified atom stereocenters. The summed E-state index contributed by atoms with van der Waals surface area (Å²) in [7, 11) is 1.77. The number of aryl methyl sites for hydroxylation is 1. The van der Waals surface area contributed by atoms with Crippen LogP contribution >= 0.6 is 0 Å². The smallest absolute Gasteiger partial charge is 0.260 e. The minimum Gasteiger partial charge on any atom is -0.484 e. The second-order valence-corrected chi connectivity index (χ2v) is 5.27. The Bertz CT molecular complexity index is 622. The summed E-state index contributed by atoms with van der Waals surface area (Å²) in [5, 5.41) is 8.98. The van der Waals surface area contributed by atoms with Crippen molar-refractivity contribution in [3.05, 3.63) is 65.2 Å². The fraction of sp³-hybridized carbons (Fsp3) is 0.278. The molecule has 0 saturated heterocycles. The summed E-state index contributed by atoms with van der Waals surface area (Å²) in [6, 6.07) is 15.1. The third-order valence-electron chi connectivity index (χ3n) is 3.56. The van der Waals surface area contributed by atoms with E-state index in [-0.39, 0.29) is 19.1 Å². The van der Waals surface area contributed by atoms with Crippen molar-refractivity contribution in [2.45, 2.75) is 20.1 Å². The molecule has 1 N–H and O–H groups in total. The molecular weight excluding hydrogens is 278 g/mol. The first-order chi connectivity index (χ1) is 10.6. The lowest BCUT2D eigenvalue weighted by Crippen LogP contribution is -2.31. The van der Waals surface area contributed by atoms with Crippen molar-refractivity contribution >= 4 is 5.91 Å². The molecule has 0 aliphatic heterocycles. The highest BCUT2D eigenvalue weighted by Crippen LogP contribution is 2.13. The van der Waals surface area contributed by atoms with Gasteiger partial charge in [-0.3, -0.25) is 4.79 Å². The summed E-state index contributed by atoms with van der Waals surface area (Å²) in [4.78, 5) is 13.8. The maximum absolute atomic E-state index is 12.1. The van der Waals surface area contributed by atoms with Gasteiger partial charge in [-0.15, -0.1) is 0 Å². The molecule has 0 aliphatic rings. The standard InChI is InChI=1S/C18H21NO3/c1-14-5-3-4-6-16(14)11-19(2)18(21)13-22-17-9-7-15(12-20)8-10-17/h3-10,20H,11-13H2,1-2H3. The van der Waals surface area contributed by atoms with Crippen LogP contribution in [0.1, 0.15) is 16.7 Å². The lowest BCUT2D eigenvalue weighted by molar-refractivity contribution is -0.132. The summed E-state index contributed by atoms with van der Waals surface area (Å²) in [5.74, 6) is 0.546. The van der Waals surface area contributed by atoms with Crippen molar-refractivity contribution in [1.29, 1.82) is 0 Å². The van der Waals surface area contributed by atoms with Crippen molar-refractivity contribution in [2.24, 2.45) is 0 Å². The molecule has 2 aromatic rings. The molecule has 4 nitrogen and oxygen atoms in total. The molecule has 2 rings (SSSR count). The summed E-state index contributed by atoms with van der Waals surface area (Å²) in [5.41, 5.74) is 3.11. The van der Waals surface area contributed by atoms with E-state index in [2.05, 4.69) is 0 Å². The number of aliphatic hydroxyl groups excluding tert-OH is 1. The SMILES string of the molecule is Cc1ccccc1CN(C)C(=O)COc1ccc(CO)cc1. The van der Waals surface area contributed by atoms with Gasteiger partial charge in [0.2, 0.25) is 0 Å². The number of carbonyl (C=O) groups is 1. The Morgan fingerprint density at radius 1 is 1.14 bits per heavy atom. The first-order valence-electron chi connectivity index (χ1n) is 7.21. The van der Waals surface area contributed by atoms with Gasteiger partial charge in [-0.1, -0.05) is 36.4 Å². The first kappa shape index (κ1) is 16.0. The number of carbonyl (C=O) groups excluding carboxylic acids is 1. The van der Waals surface area contributed by atoms with Crippen molar-refractivity contribution in [1.82, 2.24) is 4.90 Å². The van der Waals surface area contributed by atoms with Crippen molar-refractivity contribution < 1.29 is 14.6 Å². The van der Waals surface area contributed by atoms with Crippen LogP contribution in [0, 0.1) is 6.92 Å². The van der Waals surface area contributed by atoms with Crippen LogP contribution in [0.5, 0.6) is 5.75 Å². The second kappa shape index (κ2) is 7.61. The Morgan fingerprint density at radius 2 is 1.82 bits per heavy atom. The lowest BCUT2D eigenvalue weighted by atomic mass is 10.1. The fourth-order valence-electron chi connectivity index (χ4n) is 2.08. The summed E-state index contributed by atoms with van der Waals surface area (Å²) >= 11 is 0. The topological polar surface area (TPSA) is 49.8 Å². The molecule has 1 amide bonds. The van der Waals surface area contributed by atoms with Crippen molar-refractivity contribution in [2.75, 3.05) is 13.7 Å². The molecule has 0 radical (unpaired) electrons. The average molecular weight is 299 g/mol. The van der Waals surface area contributed by atoms with E-state index in [9.17, 15) is 4.79 Å². The summed E-state index contributed by atoms with van der Waals surface area (Å²) in [6.45, 7) is 2.60. The second-order valence-electron chi connectivity index (χ2n) is 5.27. The molecule has 4 heteroatoms. The Labute approximate surface area is 131 Å². The Hall–Kier alpha value is -2.33. The minimum atomic E-state index is -0.0745. The number of hydrogen-bond donors (Lipinski definition) is 1. The number of hydrogen-bond acceptors (Lipinski definition) is 3. The van der Waals surface area contributed by atoms with Gasteiger partial charge in [0.25, 0.3) is 5.91 Å². The number of likely N-dealkylation sites (N-methyl/N-ethyl adjacent to an activating group) is 1. The highest BCUT2D eigenvalue weighted by atomic mass is 16.5. The summed E-state index contributed by atoms with van der Waals surface area (Å²) in [6.07, 6.45) is 0. The Balaban J connectivity index is 1.87. The van der Waals surface area contributed by atoms with Crippen LogP contribution in [0.3, 0.4) is 0 Å². The Kier molecular flexibility index (Phi) is 5.55. The molecule has 22 heavy (non-hydrogen) atoms. The van der Waals surface area contributed by atoms with Gasteiger partial charge in [0.1, 0.15) is 5.75 Å². The molecule has 0 heterocycles. The molecule has 2 aromatic carbocycles. The predicted octanol–water partition coefficient (Wildman–Crippen LogP) is 2.52. The number of ether oxygens (including phenoxy) is 1. The number of rotatable bonds is 6. The molecule has 0 atom stereocenters. The highest BCUT2D eigenvalue weighted by molar-refractivity contribution is 5.77. The highest BCUT2D eigenvalue weighted by Gasteiger charge is 2.11. The van der Waals surface area contributed by atoms with Gasteiger partial charge in [0.05, 0.1) is 6.61 Å². The number of amides is 1. The third-order valence-corrected chi connectivity index (χ3v) is 3.56. The molecule has 116 valence electrons. The summed E-state index contributed by atoms with van der Waals surface area (Å²) < 4.78 is 5.48. The van der Waals surface area contributed by atoms with Crippen molar-refractivity contribution in [3.8, 4) is 5.75 Å². The fourth-order valence-corrected chi connectivity index (χ4v) is 2.08. The lowest BCUT2D eigenvalue weighted by Gasteiger charge is -2.18. The third kappa shape index (κ3) is 4.33. The normalized spacial score (nSPS) is 10.3. The van der Waals surface area contributed by atoms with E-state index < -0.39 is 0 Å². The molecular formula is C18H21NO3. The van der Waals surface area contributed by atoms with Crippen LogP contribution in [0.2, 0.25) is 0 Å². The quantitative estimate of drug-likeness (QED) is 0.891. The molecule has 0 bridgehead atoms. The largest absolute Gasteiger partial charge is 0.484 e. The van der Waals surface area contributed by atoms with Gasteiger partial charge < -0.3 is 14.7 Å². The Morgan fingerprint density at radius 3 is 2.45 bits per heavy atom. The van der Waals surface area contributed by atoms with Gasteiger partial charge in [0, 0.05) is 13.6 Å². The van der Waals surface area contributed by atoms with Crippen LogP contribution in [-0.2, 0) is 17.9 Å². The van der Waals surface area contributed by atoms with Gasteiger partial charge in [0.15, 0.2) is 6.61 Å². The first-order valence-corrected chi connectivity index (χ1v) is 7.21. The minimum absolute atomic E-state index is 0.000846. The van der Waals surface area contributed by atoms with E-state index in [1.165, 1.54) is 5.56 Å². The monoisotopic (exact) mass is 299 g/mol. The van der Waals surface area contributed by atoms with Gasteiger partial charge in [-0.25, -0.2) is 0 Å². The van der Waals surface area contributed by atoms with E-state index >= 15 is 0 Å². The maximum Gasteiger partial charge on any atom is 0.260 e. The van der Waals surface area contributed by atoms with E-state index in [0.717, 1.165) is 11.1 Å². The van der Waals surface area contributed by atoms with Crippen molar-refractivity contribution in [3.63, 3.8) is 0 Å². The zero-order valence-corrected chi connectivity index (χ0v) is 13.0. The maximum atomic E-state index is 12.1. The zero-order chi connectivity index (χ0) is 15.9. The van der Waals surface area contributed by atoms with E-state index in [1.807, 2.05) is 31.2 Å². The van der Waals surface area contributed by atoms with E-state index in [1.54, 1.807) is 36.2 Å².